The number of aliphatic hydroxyl groups is 2. The summed E-state index contributed by atoms with van der Waals surface area (Å²) in [7, 11) is 1.40. The third kappa shape index (κ3) is 7.34. The first kappa shape index (κ1) is 38.9. The molecule has 14 heteroatoms. The molecule has 4 aliphatic rings. The van der Waals surface area contributed by atoms with Gasteiger partial charge in [0.25, 0.3) is 0 Å². The van der Waals surface area contributed by atoms with E-state index >= 15 is 8.78 Å². The SMILES string of the molecule is CCc1c(F)ccc2cc(O)cc(-c3nc(OC)c4c(N5C[C@H](CO)OC[C@@](C)(O)C5)nc(OC[C@]56CCC[C@H]5N(CC5CCOCC5)CCC6)nc4c3F)c12. The molecular formula is C42H53F2N5O7. The summed E-state index contributed by atoms with van der Waals surface area (Å²) in [6, 6.07) is 6.08. The van der Waals surface area contributed by atoms with Crippen molar-refractivity contribution in [1.29, 1.82) is 0 Å². The van der Waals surface area contributed by atoms with Crippen molar-refractivity contribution in [3.05, 3.63) is 41.5 Å². The Kier molecular flexibility index (Phi) is 11.0. The molecule has 3 N–H and O–H groups in total. The summed E-state index contributed by atoms with van der Waals surface area (Å²) < 4.78 is 56.7. The van der Waals surface area contributed by atoms with Crippen molar-refractivity contribution in [3.8, 4) is 28.9 Å². The number of aromatic hydroxyl groups is 1. The zero-order valence-electron chi connectivity index (χ0n) is 32.5. The van der Waals surface area contributed by atoms with E-state index in [1.165, 1.54) is 25.3 Å². The maximum Gasteiger partial charge on any atom is 0.319 e. The first-order valence-corrected chi connectivity index (χ1v) is 20.1. The number of phenols is 1. The quantitative estimate of drug-likeness (QED) is 0.180. The molecule has 2 aromatic heterocycles. The van der Waals surface area contributed by atoms with Crippen LogP contribution in [0.2, 0.25) is 0 Å². The van der Waals surface area contributed by atoms with E-state index in [1.807, 2.05) is 6.92 Å². The Hall–Kier alpha value is -3.95. The number of rotatable bonds is 10. The van der Waals surface area contributed by atoms with Crippen LogP contribution in [-0.2, 0) is 15.9 Å². The van der Waals surface area contributed by atoms with Gasteiger partial charge in [-0.15, -0.1) is 0 Å². The lowest BCUT2D eigenvalue weighted by Gasteiger charge is -2.47. The summed E-state index contributed by atoms with van der Waals surface area (Å²) in [4.78, 5) is 18.7. The van der Waals surface area contributed by atoms with Gasteiger partial charge in [0.05, 0.1) is 39.6 Å². The van der Waals surface area contributed by atoms with Crippen LogP contribution in [0.4, 0.5) is 14.6 Å². The molecular weight excluding hydrogens is 724 g/mol. The van der Waals surface area contributed by atoms with E-state index in [2.05, 4.69) is 9.88 Å². The predicted molar refractivity (Wildman–Crippen MR) is 207 cm³/mol. The number of benzene rings is 2. The van der Waals surface area contributed by atoms with Crippen molar-refractivity contribution in [2.75, 3.05) is 71.2 Å². The fourth-order valence-corrected chi connectivity index (χ4v) is 9.84. The number of nitrogens with zero attached hydrogens (tertiary/aromatic N) is 5. The molecule has 1 aliphatic carbocycles. The van der Waals surface area contributed by atoms with Crippen molar-refractivity contribution in [2.24, 2.45) is 11.3 Å². The van der Waals surface area contributed by atoms with E-state index in [1.54, 1.807) is 17.9 Å². The number of aryl methyl sites for hydroxylation is 1. The first-order valence-electron chi connectivity index (χ1n) is 20.1. The Labute approximate surface area is 325 Å². The number of hydrogen-bond donors (Lipinski definition) is 3. The number of anilines is 1. The third-order valence-corrected chi connectivity index (χ3v) is 12.5. The van der Waals surface area contributed by atoms with Crippen LogP contribution in [0.3, 0.4) is 0 Å². The van der Waals surface area contributed by atoms with Gasteiger partial charge in [0.15, 0.2) is 5.82 Å². The number of ether oxygens (including phenoxy) is 4. The number of fused-ring (bicyclic) bond motifs is 3. The van der Waals surface area contributed by atoms with Gasteiger partial charge in [0, 0.05) is 43.3 Å². The van der Waals surface area contributed by atoms with Gasteiger partial charge in [0.2, 0.25) is 5.88 Å². The number of aliphatic hydroxyl groups excluding tert-OH is 1. The van der Waals surface area contributed by atoms with Crippen molar-refractivity contribution in [2.45, 2.75) is 83.0 Å². The Morgan fingerprint density at radius 3 is 2.61 bits per heavy atom. The molecule has 3 saturated heterocycles. The van der Waals surface area contributed by atoms with E-state index in [0.29, 0.717) is 41.3 Å². The molecule has 5 heterocycles. The Bertz CT molecular complexity index is 2080. The Balaban J connectivity index is 1.26. The number of halogens is 2. The number of phenolic OH excluding ortho intramolecular Hbond substituents is 1. The van der Waals surface area contributed by atoms with Crippen molar-refractivity contribution >= 4 is 27.5 Å². The molecule has 0 radical (unpaired) electrons. The molecule has 8 rings (SSSR count). The van der Waals surface area contributed by atoms with Crippen LogP contribution >= 0.6 is 0 Å². The molecule has 0 amide bonds. The summed E-state index contributed by atoms with van der Waals surface area (Å²) in [5.74, 6) is -0.622. The van der Waals surface area contributed by atoms with E-state index < -0.39 is 23.3 Å². The number of likely N-dealkylation sites (tertiary alicyclic amines) is 1. The number of pyridine rings is 1. The Morgan fingerprint density at radius 1 is 1.04 bits per heavy atom. The zero-order valence-corrected chi connectivity index (χ0v) is 32.5. The highest BCUT2D eigenvalue weighted by atomic mass is 19.1. The number of methoxy groups -OCH3 is 1. The van der Waals surface area contributed by atoms with Gasteiger partial charge >= 0.3 is 6.01 Å². The second-order valence-electron chi connectivity index (χ2n) is 16.5. The molecule has 4 atom stereocenters. The standard InChI is InChI=1S/C42H53F2N5O7/c1-4-29-31(43)9-8-26-17-27(51)18-30(33(26)29)36-35(44)37-34(39(45-36)53-3)38(49-20-28(21-50)55-23-41(2,52)22-49)47-40(46-37)56-24-42-12-5-7-32(42)48(14-6-13-42)19-25-10-15-54-16-11-25/h8-9,17-18,25,28,32,50-52H,4-7,10-16,19-24H2,1-3H3/t28-,32-,41+,42-/m1/s1. The van der Waals surface area contributed by atoms with Gasteiger partial charge in [-0.25, -0.2) is 13.8 Å². The lowest BCUT2D eigenvalue weighted by atomic mass is 9.75. The van der Waals surface area contributed by atoms with Crippen LogP contribution < -0.4 is 14.4 Å². The lowest BCUT2D eigenvalue weighted by Crippen LogP contribution is -2.53. The topological polar surface area (TPSA) is 143 Å². The molecule has 0 bridgehead atoms. The second kappa shape index (κ2) is 15.8. The number of piperidine rings is 1. The highest BCUT2D eigenvalue weighted by Crippen LogP contribution is 2.49. The molecule has 3 aliphatic heterocycles. The van der Waals surface area contributed by atoms with Crippen LogP contribution in [0.25, 0.3) is 32.9 Å². The summed E-state index contributed by atoms with van der Waals surface area (Å²) in [6.07, 6.45) is 7.02. The van der Waals surface area contributed by atoms with Gasteiger partial charge in [0.1, 0.15) is 39.6 Å². The summed E-state index contributed by atoms with van der Waals surface area (Å²) >= 11 is 0. The van der Waals surface area contributed by atoms with Crippen LogP contribution in [0.15, 0.2) is 24.3 Å². The van der Waals surface area contributed by atoms with Crippen molar-refractivity contribution in [1.82, 2.24) is 19.9 Å². The van der Waals surface area contributed by atoms with Crippen LogP contribution in [0, 0.1) is 23.0 Å². The molecule has 12 nitrogen and oxygen atoms in total. The van der Waals surface area contributed by atoms with Crippen LogP contribution in [-0.4, -0.2) is 119 Å². The fraction of sp³-hybridized carbons (Fsp3) is 0.595. The molecule has 1 saturated carbocycles. The van der Waals surface area contributed by atoms with E-state index in [0.717, 1.165) is 71.2 Å². The van der Waals surface area contributed by atoms with Gasteiger partial charge < -0.3 is 39.2 Å². The number of aromatic nitrogens is 3. The van der Waals surface area contributed by atoms with E-state index in [4.69, 9.17) is 28.9 Å². The average molecular weight is 778 g/mol. The highest BCUT2D eigenvalue weighted by Gasteiger charge is 2.49. The lowest BCUT2D eigenvalue weighted by molar-refractivity contribution is -0.0528. The Morgan fingerprint density at radius 2 is 1.84 bits per heavy atom. The minimum absolute atomic E-state index is 0.0141. The van der Waals surface area contributed by atoms with Crippen LogP contribution in [0.1, 0.15) is 64.4 Å². The molecule has 302 valence electrons. The maximum absolute atomic E-state index is 17.5. The summed E-state index contributed by atoms with van der Waals surface area (Å²) in [5.41, 5.74) is -1.26. The minimum atomic E-state index is -1.35. The smallest absolute Gasteiger partial charge is 0.319 e. The molecule has 56 heavy (non-hydrogen) atoms. The average Bonchev–Trinajstić information content (AvgIpc) is 3.56. The van der Waals surface area contributed by atoms with Gasteiger partial charge in [-0.2, -0.15) is 9.97 Å². The molecule has 4 aromatic rings. The predicted octanol–water partition coefficient (Wildman–Crippen LogP) is 5.79. The van der Waals surface area contributed by atoms with Gasteiger partial charge in [-0.1, -0.05) is 19.4 Å². The number of hydrogen-bond acceptors (Lipinski definition) is 12. The minimum Gasteiger partial charge on any atom is -0.508 e. The second-order valence-corrected chi connectivity index (χ2v) is 16.5. The molecule has 2 aromatic carbocycles. The first-order chi connectivity index (χ1) is 27.0. The largest absolute Gasteiger partial charge is 0.508 e. The monoisotopic (exact) mass is 777 g/mol. The third-order valence-electron chi connectivity index (χ3n) is 12.5. The normalized spacial score (nSPS) is 26.4. The van der Waals surface area contributed by atoms with Crippen LogP contribution in [0.5, 0.6) is 17.6 Å². The maximum atomic E-state index is 17.5. The van der Waals surface area contributed by atoms with Gasteiger partial charge in [-0.05, 0) is 98.9 Å². The van der Waals surface area contributed by atoms with Crippen molar-refractivity contribution < 1.29 is 43.0 Å². The summed E-state index contributed by atoms with van der Waals surface area (Å²) in [6.45, 7) is 7.31. The van der Waals surface area contributed by atoms with Gasteiger partial charge in [-0.3, -0.25) is 4.90 Å². The number of β-amino-alcohol motifs (C(OH)–C–C–N with tert-alkyl or cyclic N) is 1. The van der Waals surface area contributed by atoms with E-state index in [9.17, 15) is 15.3 Å². The molecule has 0 spiro atoms. The molecule has 0 unspecified atom stereocenters. The summed E-state index contributed by atoms with van der Waals surface area (Å²) in [5, 5.41) is 33.4. The molecule has 4 fully saturated rings. The zero-order chi connectivity index (χ0) is 39.2. The fourth-order valence-electron chi connectivity index (χ4n) is 9.84. The van der Waals surface area contributed by atoms with Crippen molar-refractivity contribution in [3.63, 3.8) is 0 Å². The van der Waals surface area contributed by atoms with E-state index in [-0.39, 0.29) is 77.3 Å². The highest BCUT2D eigenvalue weighted by molar-refractivity contribution is 6.03.